The summed E-state index contributed by atoms with van der Waals surface area (Å²) in [5.74, 6) is -0.142. The number of hydrogen-bond acceptors (Lipinski definition) is 3. The van der Waals surface area contributed by atoms with Crippen molar-refractivity contribution in [2.75, 3.05) is 44.2 Å². The molecule has 0 radical (unpaired) electrons. The number of hydrogen-bond donors (Lipinski definition) is 1. The fourth-order valence-electron chi connectivity index (χ4n) is 2.93. The van der Waals surface area contributed by atoms with Gasteiger partial charge >= 0.3 is 0 Å². The molecule has 0 aliphatic carbocycles. The first-order valence-electron chi connectivity index (χ1n) is 8.21. The van der Waals surface area contributed by atoms with Crippen molar-refractivity contribution in [3.05, 3.63) is 29.6 Å². The monoisotopic (exact) mass is 293 g/mol. The minimum Gasteiger partial charge on any atom is -0.369 e. The summed E-state index contributed by atoms with van der Waals surface area (Å²) < 4.78 is 13.5. The van der Waals surface area contributed by atoms with Gasteiger partial charge in [0.15, 0.2) is 0 Å². The van der Waals surface area contributed by atoms with E-state index in [1.54, 1.807) is 12.1 Å². The number of anilines is 1. The van der Waals surface area contributed by atoms with E-state index < -0.39 is 0 Å². The number of nitrogens with one attached hydrogen (secondary N) is 1. The molecule has 118 valence electrons. The highest BCUT2D eigenvalue weighted by Crippen LogP contribution is 2.23. The molecule has 0 unspecified atom stereocenters. The predicted molar refractivity (Wildman–Crippen MR) is 87.3 cm³/mol. The molecule has 1 aliphatic heterocycles. The molecule has 1 fully saturated rings. The molecule has 1 aliphatic rings. The van der Waals surface area contributed by atoms with Crippen LogP contribution >= 0.6 is 0 Å². The fourth-order valence-corrected chi connectivity index (χ4v) is 2.93. The quantitative estimate of drug-likeness (QED) is 0.780. The second-order valence-corrected chi connectivity index (χ2v) is 5.78. The largest absolute Gasteiger partial charge is 0.369 e. The van der Waals surface area contributed by atoms with Gasteiger partial charge < -0.3 is 10.2 Å². The van der Waals surface area contributed by atoms with E-state index in [-0.39, 0.29) is 5.82 Å². The van der Waals surface area contributed by atoms with Gasteiger partial charge in [-0.3, -0.25) is 4.90 Å². The van der Waals surface area contributed by atoms with Crippen molar-refractivity contribution < 1.29 is 4.39 Å². The number of piperazine rings is 1. The predicted octanol–water partition coefficient (Wildman–Crippen LogP) is 2.86. The van der Waals surface area contributed by atoms with E-state index in [1.807, 2.05) is 6.07 Å². The van der Waals surface area contributed by atoms with Crippen molar-refractivity contribution in [3.63, 3.8) is 0 Å². The van der Waals surface area contributed by atoms with E-state index in [1.165, 1.54) is 18.7 Å². The van der Waals surface area contributed by atoms with Gasteiger partial charge in [0.1, 0.15) is 5.82 Å². The van der Waals surface area contributed by atoms with Crippen LogP contribution in [0.5, 0.6) is 0 Å². The minimum absolute atomic E-state index is 0.142. The van der Waals surface area contributed by atoms with E-state index in [2.05, 4.69) is 29.0 Å². The molecule has 3 nitrogen and oxygen atoms in total. The van der Waals surface area contributed by atoms with Crippen LogP contribution in [0.4, 0.5) is 10.1 Å². The van der Waals surface area contributed by atoms with Crippen molar-refractivity contribution in [1.82, 2.24) is 10.2 Å². The van der Waals surface area contributed by atoms with Crippen LogP contribution in [-0.2, 0) is 6.54 Å². The summed E-state index contributed by atoms with van der Waals surface area (Å²) in [5, 5.41) is 3.38. The molecule has 0 spiro atoms. The average Bonchev–Trinajstić information content (AvgIpc) is 2.49. The molecule has 0 saturated carbocycles. The van der Waals surface area contributed by atoms with Crippen LogP contribution in [0.2, 0.25) is 0 Å². The van der Waals surface area contributed by atoms with Gasteiger partial charge in [-0.05, 0) is 49.7 Å². The van der Waals surface area contributed by atoms with Gasteiger partial charge in [-0.15, -0.1) is 0 Å². The van der Waals surface area contributed by atoms with E-state index in [0.29, 0.717) is 0 Å². The lowest BCUT2D eigenvalue weighted by Gasteiger charge is -2.37. The third-order valence-electron chi connectivity index (χ3n) is 4.04. The second kappa shape index (κ2) is 8.35. The Labute approximate surface area is 128 Å². The summed E-state index contributed by atoms with van der Waals surface area (Å²) in [6, 6.07) is 5.20. The molecule has 2 rings (SSSR count). The van der Waals surface area contributed by atoms with Gasteiger partial charge in [0.05, 0.1) is 0 Å². The second-order valence-electron chi connectivity index (χ2n) is 5.78. The lowest BCUT2D eigenvalue weighted by molar-refractivity contribution is 0.258. The molecule has 1 heterocycles. The number of halogens is 1. The number of rotatable bonds is 7. The molecular formula is C17H28FN3. The van der Waals surface area contributed by atoms with Crippen LogP contribution in [0.1, 0.15) is 32.3 Å². The van der Waals surface area contributed by atoms with Crippen molar-refractivity contribution in [3.8, 4) is 0 Å². The summed E-state index contributed by atoms with van der Waals surface area (Å²) in [5.41, 5.74) is 2.27. The molecule has 1 aromatic rings. The Morgan fingerprint density at radius 2 is 1.86 bits per heavy atom. The maximum atomic E-state index is 13.5. The zero-order valence-electron chi connectivity index (χ0n) is 13.4. The van der Waals surface area contributed by atoms with Gasteiger partial charge in [0.2, 0.25) is 0 Å². The van der Waals surface area contributed by atoms with Crippen LogP contribution in [0.25, 0.3) is 0 Å². The molecule has 21 heavy (non-hydrogen) atoms. The smallest absolute Gasteiger partial charge is 0.123 e. The maximum Gasteiger partial charge on any atom is 0.123 e. The van der Waals surface area contributed by atoms with Crippen LogP contribution in [0.15, 0.2) is 18.2 Å². The summed E-state index contributed by atoms with van der Waals surface area (Å²) in [4.78, 5) is 4.91. The SMILES string of the molecule is CCCNCc1cc(F)ccc1N1CCN(CCC)CC1. The Bertz CT molecular complexity index is 428. The zero-order valence-corrected chi connectivity index (χ0v) is 13.4. The normalized spacial score (nSPS) is 16.4. The molecule has 0 atom stereocenters. The first-order chi connectivity index (χ1) is 10.2. The number of nitrogens with zero attached hydrogens (tertiary/aromatic N) is 2. The maximum absolute atomic E-state index is 13.5. The molecule has 4 heteroatoms. The van der Waals surface area contributed by atoms with E-state index >= 15 is 0 Å². The average molecular weight is 293 g/mol. The standard InChI is InChI=1S/C17H28FN3/c1-3-7-19-14-15-13-16(18)5-6-17(15)21-11-9-20(8-4-2)10-12-21/h5-6,13,19H,3-4,7-12,14H2,1-2H3. The van der Waals surface area contributed by atoms with Crippen molar-refractivity contribution in [2.45, 2.75) is 33.2 Å². The van der Waals surface area contributed by atoms with Crippen molar-refractivity contribution >= 4 is 5.69 Å². The van der Waals surface area contributed by atoms with Gasteiger partial charge in [-0.2, -0.15) is 0 Å². The lowest BCUT2D eigenvalue weighted by Crippen LogP contribution is -2.46. The van der Waals surface area contributed by atoms with Gasteiger partial charge in [-0.25, -0.2) is 4.39 Å². The first kappa shape index (κ1) is 16.2. The Morgan fingerprint density at radius 3 is 2.52 bits per heavy atom. The Hall–Kier alpha value is -1.13. The molecule has 1 aromatic carbocycles. The Morgan fingerprint density at radius 1 is 1.10 bits per heavy atom. The van der Waals surface area contributed by atoms with E-state index in [0.717, 1.165) is 51.3 Å². The van der Waals surface area contributed by atoms with Gasteiger partial charge in [0.25, 0.3) is 0 Å². The summed E-state index contributed by atoms with van der Waals surface area (Å²) in [6.07, 6.45) is 2.31. The summed E-state index contributed by atoms with van der Waals surface area (Å²) in [6.45, 7) is 11.5. The van der Waals surface area contributed by atoms with Gasteiger partial charge in [-0.1, -0.05) is 13.8 Å². The first-order valence-corrected chi connectivity index (χ1v) is 8.21. The molecule has 0 bridgehead atoms. The third-order valence-corrected chi connectivity index (χ3v) is 4.04. The van der Waals surface area contributed by atoms with E-state index in [4.69, 9.17) is 0 Å². The minimum atomic E-state index is -0.142. The van der Waals surface area contributed by atoms with Crippen molar-refractivity contribution in [2.24, 2.45) is 0 Å². The molecule has 0 aromatic heterocycles. The van der Waals surface area contributed by atoms with Crippen LogP contribution in [0.3, 0.4) is 0 Å². The highest BCUT2D eigenvalue weighted by atomic mass is 19.1. The molecule has 1 saturated heterocycles. The Balaban J connectivity index is 2.01. The van der Waals surface area contributed by atoms with Crippen LogP contribution in [-0.4, -0.2) is 44.2 Å². The van der Waals surface area contributed by atoms with Crippen LogP contribution in [0, 0.1) is 5.82 Å². The molecule has 0 amide bonds. The highest BCUT2D eigenvalue weighted by Gasteiger charge is 2.18. The summed E-state index contributed by atoms with van der Waals surface area (Å²) >= 11 is 0. The summed E-state index contributed by atoms with van der Waals surface area (Å²) in [7, 11) is 0. The molecule has 1 N–H and O–H groups in total. The Kier molecular flexibility index (Phi) is 6.46. The highest BCUT2D eigenvalue weighted by molar-refractivity contribution is 5.54. The zero-order chi connectivity index (χ0) is 15.1. The topological polar surface area (TPSA) is 18.5 Å². The number of benzene rings is 1. The third kappa shape index (κ3) is 4.68. The van der Waals surface area contributed by atoms with Crippen molar-refractivity contribution in [1.29, 1.82) is 0 Å². The van der Waals surface area contributed by atoms with E-state index in [9.17, 15) is 4.39 Å². The van der Waals surface area contributed by atoms with Gasteiger partial charge in [0, 0.05) is 38.4 Å². The fraction of sp³-hybridized carbons (Fsp3) is 0.647. The van der Waals surface area contributed by atoms with Crippen LogP contribution < -0.4 is 10.2 Å². The lowest BCUT2D eigenvalue weighted by atomic mass is 10.1. The molecular weight excluding hydrogens is 265 g/mol.